The smallest absolute Gasteiger partial charge is 0.339 e. The number of aromatic hydroxyl groups is 4. The van der Waals surface area contributed by atoms with Gasteiger partial charge in [0, 0.05) is 105 Å². The van der Waals surface area contributed by atoms with Gasteiger partial charge in [-0.25, -0.2) is 0 Å². The van der Waals surface area contributed by atoms with Crippen LogP contribution in [0, 0.1) is 0 Å². The lowest BCUT2D eigenvalue weighted by molar-refractivity contribution is 0.178. The van der Waals surface area contributed by atoms with E-state index in [4.69, 9.17) is 16.7 Å². The molecule has 0 fully saturated rings. The van der Waals surface area contributed by atoms with Crippen LogP contribution in [0.15, 0.2) is 165 Å². The topological polar surface area (TPSA) is 261 Å². The molecule has 10 aromatic carbocycles. The normalized spacial score (nSPS) is 16.9. The predicted octanol–water partition coefficient (Wildman–Crippen LogP) is 29.3. The lowest BCUT2D eigenvalue weighted by Crippen LogP contribution is -2.29. The average Bonchev–Trinajstić information content (AvgIpc) is 0.712. The fourth-order valence-corrected chi connectivity index (χ4v) is 26.4. The minimum atomic E-state index is -5.10. The second-order valence-electron chi connectivity index (χ2n) is 42.5. The molecule has 0 saturated heterocycles. The molecular formula is C115H150N2O16S4. The molecule has 2 heterocycles. The van der Waals surface area contributed by atoms with Crippen LogP contribution in [0.5, 0.6) is 46.0 Å². The lowest BCUT2D eigenvalue weighted by atomic mass is 9.79. The molecule has 0 saturated carbocycles. The highest BCUT2D eigenvalue weighted by molar-refractivity contribution is 7.88. The molecule has 13 rings (SSSR count). The zero-order chi connectivity index (χ0) is 101. The first-order valence-corrected chi connectivity index (χ1v) is 55.2. The molecular weight excluding hydrogens is 1790 g/mol. The average molecular weight is 1940 g/mol. The molecule has 6 atom stereocenters. The van der Waals surface area contributed by atoms with E-state index < -0.39 is 170 Å². The van der Waals surface area contributed by atoms with Gasteiger partial charge in [-0.15, -0.1) is 0 Å². The van der Waals surface area contributed by atoms with Gasteiger partial charge in [-0.05, 0) is 213 Å². The number of fused-ring (bicyclic) bond motifs is 8. The van der Waals surface area contributed by atoms with Gasteiger partial charge in [0.05, 0.1) is 11.1 Å². The third kappa shape index (κ3) is 21.9. The van der Waals surface area contributed by atoms with E-state index in [1.807, 2.05) is 275 Å². The highest BCUT2D eigenvalue weighted by Crippen LogP contribution is 2.56. The molecule has 1 aliphatic carbocycles. The molecule has 22 heteroatoms. The van der Waals surface area contributed by atoms with E-state index in [0.29, 0.717) is 76.9 Å². The quantitative estimate of drug-likeness (QED) is 0.0332. The number of hydrogen-bond donors (Lipinski definition) is 4. The molecule has 740 valence electrons. The number of rotatable bonds is 28. The maximum atomic E-state index is 16.7. The Morgan fingerprint density at radius 3 is 0.620 bits per heavy atom. The highest BCUT2D eigenvalue weighted by Gasteiger charge is 2.42. The summed E-state index contributed by atoms with van der Waals surface area (Å²) in [5, 5.41) is 56.9. The highest BCUT2D eigenvalue weighted by atomic mass is 32.2. The first kappa shape index (κ1) is 106. The molecule has 0 spiro atoms. The Bertz CT molecular complexity index is 5780. The van der Waals surface area contributed by atoms with E-state index in [1.54, 1.807) is 52.0 Å². The third-order valence-corrected chi connectivity index (χ3v) is 34.2. The summed E-state index contributed by atoms with van der Waals surface area (Å²) >= 11 is 0. The first-order valence-electron chi connectivity index (χ1n) is 49.6. The maximum Gasteiger partial charge on any atom is 0.339 e. The van der Waals surface area contributed by atoms with Crippen LogP contribution in [0.2, 0.25) is 0 Å². The fourth-order valence-electron chi connectivity index (χ4n) is 19.9. The Hall–Kier alpha value is -9.68. The molecule has 10 aromatic rings. The summed E-state index contributed by atoms with van der Waals surface area (Å²) in [5.41, 5.74) is 9.90. The largest absolute Gasteiger partial charge is 0.507 e. The Kier molecular flexibility index (Phi) is 32.6. The Morgan fingerprint density at radius 2 is 0.438 bits per heavy atom. The number of nitrogens with zero attached hydrogens (tertiary/aromatic N) is 2. The summed E-state index contributed by atoms with van der Waals surface area (Å²) in [6, 6.07) is 43.1. The van der Waals surface area contributed by atoms with Gasteiger partial charge in [0.2, 0.25) is 0 Å². The van der Waals surface area contributed by atoms with E-state index >= 15 is 33.7 Å². The van der Waals surface area contributed by atoms with Crippen LogP contribution >= 0.6 is 0 Å². The molecule has 2 aliphatic heterocycles. The van der Waals surface area contributed by atoms with Crippen molar-refractivity contribution in [1.29, 1.82) is 0 Å². The van der Waals surface area contributed by atoms with Gasteiger partial charge in [0.15, 0.2) is 23.0 Å². The van der Waals surface area contributed by atoms with Crippen LogP contribution in [0.25, 0.3) is 0 Å². The van der Waals surface area contributed by atoms with Gasteiger partial charge < -0.3 is 37.2 Å². The SMILES string of the molecule is CC(C)c1cc(C(C)C)c(S(=O)(=O)Oc2cc(OS(=O)(=O)c3c(C(C)C)cc(C(C)C)cc3C(C)C)c3cc2C(C)c2cc4c(O)c(c2O)CN(C(C)c2ccccc2)CCCCCN(C(C)c2ccccc2)Cc2c(O)c(cc(c2O)C(C)c2cc(c(OS(=O)(=O)c5c(C(C)C)cc(C(C)C)cc5C(C)C)cc2OS(=O)(=O)c2c(C(C)C)cc(C(C)C)cc2C(C)C)C4C)C3C)c(C(C)C)c1. The van der Waals surface area contributed by atoms with E-state index in [9.17, 15) is 20.4 Å². The third-order valence-electron chi connectivity index (χ3n) is 28.8. The van der Waals surface area contributed by atoms with E-state index in [2.05, 4.69) is 23.6 Å². The van der Waals surface area contributed by atoms with E-state index in [-0.39, 0.29) is 112 Å². The number of phenols is 4. The van der Waals surface area contributed by atoms with Crippen molar-refractivity contribution in [1.82, 2.24) is 9.80 Å². The number of phenolic OH excluding ortho intramolecular Hbond substituents is 4. The van der Waals surface area contributed by atoms with E-state index in [1.165, 1.54) is 12.1 Å². The maximum absolute atomic E-state index is 16.7. The molecule has 10 bridgehead atoms. The molecule has 0 amide bonds. The minimum Gasteiger partial charge on any atom is -0.507 e. The Balaban J connectivity index is 1.32. The van der Waals surface area contributed by atoms with Crippen molar-refractivity contribution in [3.05, 3.63) is 279 Å². The Labute approximate surface area is 819 Å². The Morgan fingerprint density at radius 1 is 0.248 bits per heavy atom. The van der Waals surface area contributed by atoms with Crippen LogP contribution < -0.4 is 16.7 Å². The van der Waals surface area contributed by atoms with Crippen LogP contribution in [0.4, 0.5) is 0 Å². The molecule has 0 aromatic heterocycles. The second kappa shape index (κ2) is 42.0. The summed E-state index contributed by atoms with van der Waals surface area (Å²) in [7, 11) is -20.4. The summed E-state index contributed by atoms with van der Waals surface area (Å²) in [6.07, 6.45) is 1.83. The van der Waals surface area contributed by atoms with Crippen molar-refractivity contribution in [3.63, 3.8) is 0 Å². The van der Waals surface area contributed by atoms with Gasteiger partial charge in [-0.3, -0.25) is 9.80 Å². The molecule has 4 N–H and O–H groups in total. The predicted molar refractivity (Wildman–Crippen MR) is 553 cm³/mol. The van der Waals surface area contributed by atoms with Crippen molar-refractivity contribution >= 4 is 40.5 Å². The summed E-state index contributed by atoms with van der Waals surface area (Å²) in [4.78, 5) is 4.01. The van der Waals surface area contributed by atoms with Crippen LogP contribution in [-0.4, -0.2) is 77.0 Å². The zero-order valence-electron chi connectivity index (χ0n) is 86.4. The van der Waals surface area contributed by atoms with Gasteiger partial charge >= 0.3 is 40.5 Å². The summed E-state index contributed by atoms with van der Waals surface area (Å²) < 4.78 is 162. The van der Waals surface area contributed by atoms with Gasteiger partial charge in [0.25, 0.3) is 0 Å². The van der Waals surface area contributed by atoms with Gasteiger partial charge in [0.1, 0.15) is 42.6 Å². The van der Waals surface area contributed by atoms with Crippen molar-refractivity contribution in [2.75, 3.05) is 13.1 Å². The van der Waals surface area contributed by atoms with Crippen molar-refractivity contribution < 1.29 is 70.8 Å². The van der Waals surface area contributed by atoms with Crippen LogP contribution in [0.3, 0.4) is 0 Å². The van der Waals surface area contributed by atoms with Crippen molar-refractivity contribution in [2.24, 2.45) is 0 Å². The molecule has 6 unspecified atom stereocenters. The number of hydrogen-bond acceptors (Lipinski definition) is 18. The van der Waals surface area contributed by atoms with Crippen molar-refractivity contribution in [3.8, 4) is 46.0 Å². The zero-order valence-corrected chi connectivity index (χ0v) is 89.7. The molecule has 0 radical (unpaired) electrons. The fraction of sp³-hybridized carbons (Fsp3) is 0.478. The number of benzene rings is 10. The van der Waals surface area contributed by atoms with Crippen LogP contribution in [-0.2, 0) is 53.6 Å². The monoisotopic (exact) mass is 1940 g/mol. The summed E-state index contributed by atoms with van der Waals surface area (Å²) in [6.45, 7) is 58.6. The van der Waals surface area contributed by atoms with Crippen LogP contribution in [0.1, 0.15) is 467 Å². The second-order valence-corrected chi connectivity index (χ2v) is 48.4. The van der Waals surface area contributed by atoms with Gasteiger partial charge in [-0.1, -0.05) is 309 Å². The standard InChI is InChI=1S/C115H150N2O16S4/c1-62(2)82-46-86(66(9)10)112(87(47-82)67(11)12)134(122,123)130-104-58-105(131-135(124,125)113-88(68(13)14)48-83(63(3)4)49-89(113)69(15)16)95-54-94(104)74(25)98-56-99-76(27)96-55-97(107(133-137(128,129)115-92(72(21)22)52-85(65(7)8)53-93(115)73(23)24)59-106(96)132-136(126,127)114-90(70(17)18)50-84(64(5)6)51-91(114)71(19)20)77(28)101-57-100(75(95)26)110(120)103(111(101)121)61-117(79(30)81-42-36-32-37-43-81)45-39-33-38-44-116(60-102(108(98)118)109(99)119)78(29)80-40-34-31-35-41-80/h31-32,34-37,40-43,46-59,62-79,118-121H,33,38-39,44-45,60-61H2,1-30H3. The van der Waals surface area contributed by atoms with E-state index in [0.717, 1.165) is 33.4 Å². The molecule has 137 heavy (non-hydrogen) atoms. The van der Waals surface area contributed by atoms with Crippen molar-refractivity contribution in [2.45, 2.75) is 366 Å². The molecule has 3 aliphatic rings. The van der Waals surface area contributed by atoms with Gasteiger partial charge in [-0.2, -0.15) is 33.7 Å². The summed E-state index contributed by atoms with van der Waals surface area (Å²) in [5.74, 6) is -11.6. The first-order chi connectivity index (χ1) is 64.0. The minimum absolute atomic E-state index is 0.0248. The molecule has 18 nitrogen and oxygen atoms in total. The lowest BCUT2D eigenvalue weighted by Gasteiger charge is -2.33.